The molecule has 0 unspecified atom stereocenters. The van der Waals surface area contributed by atoms with Gasteiger partial charge in [0, 0.05) is 7.05 Å². The lowest BCUT2D eigenvalue weighted by Crippen LogP contribution is -2.41. The van der Waals surface area contributed by atoms with Gasteiger partial charge in [-0.2, -0.15) is 0 Å². The van der Waals surface area contributed by atoms with Crippen molar-refractivity contribution in [3.8, 4) is 0 Å². The van der Waals surface area contributed by atoms with Crippen LogP contribution in [-0.4, -0.2) is 30.9 Å². The monoisotopic (exact) mass is 232 g/mol. The third kappa shape index (κ3) is 2.86. The average Bonchev–Trinajstić information content (AvgIpc) is 2.41. The van der Waals surface area contributed by atoms with E-state index < -0.39 is 0 Å². The van der Waals surface area contributed by atoms with Crippen LogP contribution in [0, 0.1) is 0 Å². The predicted molar refractivity (Wildman–Crippen MR) is 68.7 cm³/mol. The Hall–Kier alpha value is -1.35. The van der Waals surface area contributed by atoms with Crippen molar-refractivity contribution in [3.63, 3.8) is 0 Å². The summed E-state index contributed by atoms with van der Waals surface area (Å²) in [4.78, 5) is 14.3. The Morgan fingerprint density at radius 1 is 1.18 bits per heavy atom. The van der Waals surface area contributed by atoms with E-state index in [4.69, 9.17) is 0 Å². The smallest absolute Gasteiger partial charge is 0.241 e. The molecule has 1 aromatic carbocycles. The summed E-state index contributed by atoms with van der Waals surface area (Å²) in [5.74, 6) is 0.0955. The normalized spacial score (nSPS) is 18.6. The molecule has 0 spiro atoms. The molecule has 92 valence electrons. The van der Waals surface area contributed by atoms with Crippen LogP contribution in [0.25, 0.3) is 0 Å². The number of nitrogens with one attached hydrogen (secondary N) is 1. The Morgan fingerprint density at radius 2 is 1.82 bits per heavy atom. The van der Waals surface area contributed by atoms with Gasteiger partial charge in [0.15, 0.2) is 0 Å². The zero-order valence-corrected chi connectivity index (χ0v) is 10.4. The standard InChI is InChI=1S/C14H20N2O/c1-15-14(17)13(12-8-4-2-5-9-12)16-10-6-3-7-11-16/h2,4-5,8-9,13H,3,6-7,10-11H2,1H3,(H,15,17)/t13-/m0/s1. The molecule has 0 aliphatic carbocycles. The number of carbonyl (C=O) groups excluding carboxylic acids is 1. The molecule has 0 radical (unpaired) electrons. The van der Waals surface area contributed by atoms with Gasteiger partial charge in [-0.15, -0.1) is 0 Å². The highest BCUT2D eigenvalue weighted by atomic mass is 16.2. The number of amides is 1. The minimum atomic E-state index is -0.124. The number of likely N-dealkylation sites (N-methyl/N-ethyl adjacent to an activating group) is 1. The molecular formula is C14H20N2O. The summed E-state index contributed by atoms with van der Waals surface area (Å²) in [6.45, 7) is 2.04. The van der Waals surface area contributed by atoms with Crippen LogP contribution in [0.1, 0.15) is 30.9 Å². The Morgan fingerprint density at radius 3 is 2.41 bits per heavy atom. The fourth-order valence-electron chi connectivity index (χ4n) is 2.48. The van der Waals surface area contributed by atoms with Crippen molar-refractivity contribution in [2.24, 2.45) is 0 Å². The molecule has 0 aromatic heterocycles. The maximum Gasteiger partial charge on any atom is 0.241 e. The minimum absolute atomic E-state index is 0.0955. The van der Waals surface area contributed by atoms with Crippen molar-refractivity contribution in [1.82, 2.24) is 10.2 Å². The fourth-order valence-corrected chi connectivity index (χ4v) is 2.48. The minimum Gasteiger partial charge on any atom is -0.358 e. The molecule has 1 aromatic rings. The van der Waals surface area contributed by atoms with Crippen molar-refractivity contribution in [1.29, 1.82) is 0 Å². The van der Waals surface area contributed by atoms with Crippen molar-refractivity contribution in [2.75, 3.05) is 20.1 Å². The highest BCUT2D eigenvalue weighted by molar-refractivity contribution is 5.82. The van der Waals surface area contributed by atoms with E-state index in [0.717, 1.165) is 18.7 Å². The third-order valence-electron chi connectivity index (χ3n) is 3.37. The van der Waals surface area contributed by atoms with E-state index in [0.29, 0.717) is 0 Å². The first-order valence-corrected chi connectivity index (χ1v) is 6.33. The van der Waals surface area contributed by atoms with Gasteiger partial charge in [0.1, 0.15) is 6.04 Å². The van der Waals surface area contributed by atoms with Gasteiger partial charge in [0.05, 0.1) is 0 Å². The number of carbonyl (C=O) groups is 1. The van der Waals surface area contributed by atoms with Crippen molar-refractivity contribution >= 4 is 5.91 Å². The van der Waals surface area contributed by atoms with Gasteiger partial charge >= 0.3 is 0 Å². The zero-order chi connectivity index (χ0) is 12.1. The second kappa shape index (κ2) is 5.82. The van der Waals surface area contributed by atoms with Gasteiger partial charge in [-0.1, -0.05) is 36.8 Å². The largest absolute Gasteiger partial charge is 0.358 e. The lowest BCUT2D eigenvalue weighted by Gasteiger charge is -2.33. The second-order valence-corrected chi connectivity index (χ2v) is 4.52. The van der Waals surface area contributed by atoms with E-state index >= 15 is 0 Å². The zero-order valence-electron chi connectivity index (χ0n) is 10.4. The van der Waals surface area contributed by atoms with Crippen LogP contribution in [-0.2, 0) is 4.79 Å². The summed E-state index contributed by atoms with van der Waals surface area (Å²) < 4.78 is 0. The summed E-state index contributed by atoms with van der Waals surface area (Å²) in [6, 6.07) is 9.93. The van der Waals surface area contributed by atoms with Gasteiger partial charge in [-0.25, -0.2) is 0 Å². The highest BCUT2D eigenvalue weighted by Crippen LogP contribution is 2.24. The Balaban J connectivity index is 2.21. The predicted octanol–water partition coefficient (Wildman–Crippen LogP) is 1.96. The van der Waals surface area contributed by atoms with Gasteiger partial charge in [0.25, 0.3) is 0 Å². The van der Waals surface area contributed by atoms with Gasteiger partial charge in [-0.3, -0.25) is 9.69 Å². The number of nitrogens with zero attached hydrogens (tertiary/aromatic N) is 1. The lowest BCUT2D eigenvalue weighted by atomic mass is 10.0. The molecule has 1 saturated heterocycles. The van der Waals surface area contributed by atoms with E-state index in [1.54, 1.807) is 7.05 Å². The van der Waals surface area contributed by atoms with Crippen LogP contribution in [0.4, 0.5) is 0 Å². The molecule has 17 heavy (non-hydrogen) atoms. The van der Waals surface area contributed by atoms with Gasteiger partial charge < -0.3 is 5.32 Å². The molecule has 1 N–H and O–H groups in total. The molecular weight excluding hydrogens is 212 g/mol. The Bertz CT molecular complexity index is 358. The van der Waals surface area contributed by atoms with Crippen molar-refractivity contribution in [3.05, 3.63) is 35.9 Å². The summed E-state index contributed by atoms with van der Waals surface area (Å²) in [5, 5.41) is 2.78. The van der Waals surface area contributed by atoms with E-state index in [1.807, 2.05) is 30.3 Å². The SMILES string of the molecule is CNC(=O)[C@H](c1ccccc1)N1CCCCC1. The van der Waals surface area contributed by atoms with E-state index in [2.05, 4.69) is 10.2 Å². The van der Waals surface area contributed by atoms with Crippen LogP contribution in [0.15, 0.2) is 30.3 Å². The van der Waals surface area contributed by atoms with Crippen LogP contribution in [0.5, 0.6) is 0 Å². The van der Waals surface area contributed by atoms with Gasteiger partial charge in [-0.05, 0) is 31.5 Å². The molecule has 1 atom stereocenters. The summed E-state index contributed by atoms with van der Waals surface area (Å²) in [6.07, 6.45) is 3.67. The van der Waals surface area contributed by atoms with Crippen molar-refractivity contribution < 1.29 is 4.79 Å². The van der Waals surface area contributed by atoms with E-state index in [-0.39, 0.29) is 11.9 Å². The number of hydrogen-bond donors (Lipinski definition) is 1. The molecule has 1 heterocycles. The molecule has 1 aliphatic rings. The second-order valence-electron chi connectivity index (χ2n) is 4.52. The van der Waals surface area contributed by atoms with Crippen LogP contribution in [0.2, 0.25) is 0 Å². The molecule has 1 amide bonds. The summed E-state index contributed by atoms with van der Waals surface area (Å²) in [7, 11) is 1.71. The molecule has 1 aliphatic heterocycles. The van der Waals surface area contributed by atoms with E-state index in [9.17, 15) is 4.79 Å². The Labute approximate surface area is 103 Å². The molecule has 1 fully saturated rings. The number of hydrogen-bond acceptors (Lipinski definition) is 2. The third-order valence-corrected chi connectivity index (χ3v) is 3.37. The number of piperidine rings is 1. The average molecular weight is 232 g/mol. The molecule has 0 bridgehead atoms. The molecule has 3 heteroatoms. The maximum atomic E-state index is 12.1. The Kier molecular flexibility index (Phi) is 4.15. The molecule has 2 rings (SSSR count). The van der Waals surface area contributed by atoms with Crippen molar-refractivity contribution in [2.45, 2.75) is 25.3 Å². The number of benzene rings is 1. The van der Waals surface area contributed by atoms with Crippen LogP contribution >= 0.6 is 0 Å². The highest BCUT2D eigenvalue weighted by Gasteiger charge is 2.27. The maximum absolute atomic E-state index is 12.1. The van der Waals surface area contributed by atoms with Crippen LogP contribution < -0.4 is 5.32 Å². The van der Waals surface area contributed by atoms with E-state index in [1.165, 1.54) is 19.3 Å². The lowest BCUT2D eigenvalue weighted by molar-refractivity contribution is -0.126. The van der Waals surface area contributed by atoms with Gasteiger partial charge in [0.2, 0.25) is 5.91 Å². The first-order chi connectivity index (χ1) is 8.33. The number of rotatable bonds is 3. The van der Waals surface area contributed by atoms with Crippen LogP contribution in [0.3, 0.4) is 0 Å². The molecule has 0 saturated carbocycles. The fraction of sp³-hybridized carbons (Fsp3) is 0.500. The summed E-state index contributed by atoms with van der Waals surface area (Å²) >= 11 is 0. The first kappa shape index (κ1) is 12.1. The topological polar surface area (TPSA) is 32.3 Å². The quantitative estimate of drug-likeness (QED) is 0.864. The first-order valence-electron chi connectivity index (χ1n) is 6.33. The summed E-state index contributed by atoms with van der Waals surface area (Å²) in [5.41, 5.74) is 1.09. The molecule has 3 nitrogen and oxygen atoms in total. The number of likely N-dealkylation sites (tertiary alicyclic amines) is 1.